The van der Waals surface area contributed by atoms with E-state index >= 15 is 0 Å². The molecule has 0 saturated carbocycles. The molecule has 7 heteroatoms. The van der Waals surface area contributed by atoms with Gasteiger partial charge in [0.2, 0.25) is 0 Å². The summed E-state index contributed by atoms with van der Waals surface area (Å²) in [6.07, 6.45) is -4.91. The molecule has 4 nitrogen and oxygen atoms in total. The molecule has 0 aromatic carbocycles. The van der Waals surface area contributed by atoms with Crippen molar-refractivity contribution in [2.45, 2.75) is 12.6 Å². The summed E-state index contributed by atoms with van der Waals surface area (Å²) in [6, 6.07) is 3.12. The van der Waals surface area contributed by atoms with Gasteiger partial charge >= 0.3 is 12.1 Å². The van der Waals surface area contributed by atoms with Gasteiger partial charge in [-0.1, -0.05) is 0 Å². The fraction of sp³-hybridized carbons (Fsp3) is 0.300. The lowest BCUT2D eigenvalue weighted by Gasteiger charge is -2.08. The van der Waals surface area contributed by atoms with Crippen molar-refractivity contribution in [2.75, 3.05) is 7.11 Å². The van der Waals surface area contributed by atoms with Crippen LogP contribution in [0.3, 0.4) is 0 Å². The molecule has 0 spiro atoms. The number of methoxy groups -OCH3 is 1. The van der Waals surface area contributed by atoms with Crippen LogP contribution in [-0.2, 0) is 22.1 Å². The number of esters is 1. The van der Waals surface area contributed by atoms with Crippen molar-refractivity contribution in [3.05, 3.63) is 29.1 Å². The van der Waals surface area contributed by atoms with E-state index in [1.807, 2.05) is 0 Å². The van der Waals surface area contributed by atoms with Gasteiger partial charge in [-0.2, -0.15) is 18.4 Å². The predicted molar refractivity (Wildman–Crippen MR) is 49.7 cm³/mol. The Labute approximate surface area is 94.6 Å². The Morgan fingerprint density at radius 3 is 2.65 bits per heavy atom. The molecule has 0 N–H and O–H groups in total. The van der Waals surface area contributed by atoms with Gasteiger partial charge in [-0.3, -0.25) is 4.79 Å². The number of nitriles is 1. The van der Waals surface area contributed by atoms with Crippen molar-refractivity contribution in [2.24, 2.45) is 0 Å². The number of pyridine rings is 1. The summed E-state index contributed by atoms with van der Waals surface area (Å²) in [5.74, 6) is -0.638. The lowest BCUT2D eigenvalue weighted by atomic mass is 10.1. The molecule has 0 atom stereocenters. The van der Waals surface area contributed by atoms with Crippen LogP contribution in [0.15, 0.2) is 12.1 Å². The van der Waals surface area contributed by atoms with Crippen molar-refractivity contribution in [3.8, 4) is 6.07 Å². The third kappa shape index (κ3) is 3.17. The van der Waals surface area contributed by atoms with Gasteiger partial charge in [-0.05, 0) is 12.1 Å². The molecule has 0 aliphatic rings. The number of rotatable bonds is 2. The molecule has 1 rings (SSSR count). The lowest BCUT2D eigenvalue weighted by molar-refractivity contribution is -0.139. The molecular formula is C10H7F3N2O2. The average Bonchev–Trinajstić information content (AvgIpc) is 2.27. The van der Waals surface area contributed by atoms with E-state index in [2.05, 4.69) is 9.72 Å². The fourth-order valence-corrected chi connectivity index (χ4v) is 1.13. The zero-order valence-electron chi connectivity index (χ0n) is 8.71. The predicted octanol–water partition coefficient (Wildman–Crippen LogP) is 1.69. The lowest BCUT2D eigenvalue weighted by Crippen LogP contribution is -2.12. The van der Waals surface area contributed by atoms with E-state index in [1.54, 1.807) is 0 Å². The van der Waals surface area contributed by atoms with Gasteiger partial charge < -0.3 is 4.74 Å². The first-order valence-electron chi connectivity index (χ1n) is 4.42. The summed E-state index contributed by atoms with van der Waals surface area (Å²) in [5.41, 5.74) is -1.81. The van der Waals surface area contributed by atoms with Gasteiger partial charge in [-0.25, -0.2) is 4.98 Å². The molecular weight excluding hydrogens is 237 g/mol. The topological polar surface area (TPSA) is 63.0 Å². The Hall–Kier alpha value is -2.10. The molecule has 0 radical (unpaired) electrons. The van der Waals surface area contributed by atoms with E-state index in [9.17, 15) is 18.0 Å². The van der Waals surface area contributed by atoms with E-state index in [-0.39, 0.29) is 12.1 Å². The Morgan fingerprint density at radius 1 is 1.53 bits per heavy atom. The molecule has 1 aromatic rings. The molecule has 0 bridgehead atoms. The summed E-state index contributed by atoms with van der Waals surface area (Å²) in [7, 11) is 1.15. The molecule has 0 saturated heterocycles. The summed E-state index contributed by atoms with van der Waals surface area (Å²) in [5, 5.41) is 8.57. The Kier molecular flexibility index (Phi) is 3.68. The van der Waals surface area contributed by atoms with Crippen LogP contribution >= 0.6 is 0 Å². The smallest absolute Gasteiger partial charge is 0.419 e. The van der Waals surface area contributed by atoms with Crippen molar-refractivity contribution in [1.82, 2.24) is 4.98 Å². The standard InChI is InChI=1S/C10H7F3N2O2/c1-17-9(16)4-6-2-3-7(10(11,12)13)8(5-14)15-6/h2-3H,4H2,1H3. The number of hydrogen-bond acceptors (Lipinski definition) is 4. The van der Waals surface area contributed by atoms with Gasteiger partial charge in [0.25, 0.3) is 0 Å². The number of alkyl halides is 3. The molecule has 90 valence electrons. The highest BCUT2D eigenvalue weighted by Crippen LogP contribution is 2.31. The summed E-state index contributed by atoms with van der Waals surface area (Å²) in [4.78, 5) is 14.4. The monoisotopic (exact) mass is 244 g/mol. The molecule has 0 fully saturated rings. The molecule has 1 heterocycles. The van der Waals surface area contributed by atoms with E-state index in [0.29, 0.717) is 0 Å². The van der Waals surface area contributed by atoms with Crippen LogP contribution < -0.4 is 0 Å². The van der Waals surface area contributed by atoms with Gasteiger partial charge in [0, 0.05) is 0 Å². The average molecular weight is 244 g/mol. The third-order valence-corrected chi connectivity index (χ3v) is 1.92. The van der Waals surface area contributed by atoms with Gasteiger partial charge in [0.15, 0.2) is 5.69 Å². The van der Waals surface area contributed by atoms with Crippen molar-refractivity contribution in [3.63, 3.8) is 0 Å². The third-order valence-electron chi connectivity index (χ3n) is 1.92. The highest BCUT2D eigenvalue weighted by Gasteiger charge is 2.34. The first-order chi connectivity index (χ1) is 7.88. The second-order valence-corrected chi connectivity index (χ2v) is 3.06. The van der Waals surface area contributed by atoms with Crippen LogP contribution in [0.25, 0.3) is 0 Å². The molecule has 1 aromatic heterocycles. The summed E-state index contributed by atoms with van der Waals surface area (Å²) in [6.45, 7) is 0. The minimum Gasteiger partial charge on any atom is -0.469 e. The number of aromatic nitrogens is 1. The molecule has 0 unspecified atom stereocenters. The SMILES string of the molecule is COC(=O)Cc1ccc(C(F)(F)F)c(C#N)n1. The van der Waals surface area contributed by atoms with Crippen LogP contribution in [0.5, 0.6) is 0 Å². The van der Waals surface area contributed by atoms with Crippen molar-refractivity contribution in [1.29, 1.82) is 5.26 Å². The second-order valence-electron chi connectivity index (χ2n) is 3.06. The van der Waals surface area contributed by atoms with Gasteiger partial charge in [0.05, 0.1) is 24.8 Å². The Balaban J connectivity index is 3.10. The fourth-order valence-electron chi connectivity index (χ4n) is 1.13. The largest absolute Gasteiger partial charge is 0.469 e. The summed E-state index contributed by atoms with van der Waals surface area (Å²) >= 11 is 0. The second kappa shape index (κ2) is 4.82. The van der Waals surface area contributed by atoms with Crippen molar-refractivity contribution >= 4 is 5.97 Å². The zero-order valence-corrected chi connectivity index (χ0v) is 8.71. The first-order valence-corrected chi connectivity index (χ1v) is 4.42. The minimum atomic E-state index is -4.64. The quantitative estimate of drug-likeness (QED) is 0.742. The van der Waals surface area contributed by atoms with Crippen LogP contribution in [0.4, 0.5) is 13.2 Å². The first kappa shape index (κ1) is 13.0. The zero-order chi connectivity index (χ0) is 13.1. The number of carbonyl (C=O) groups excluding carboxylic acids is 1. The number of carbonyl (C=O) groups is 1. The number of halogens is 3. The van der Waals surface area contributed by atoms with Crippen LogP contribution in [-0.4, -0.2) is 18.1 Å². The van der Waals surface area contributed by atoms with Crippen LogP contribution in [0.2, 0.25) is 0 Å². The van der Waals surface area contributed by atoms with E-state index in [4.69, 9.17) is 5.26 Å². The van der Waals surface area contributed by atoms with Crippen LogP contribution in [0, 0.1) is 11.3 Å². The Morgan fingerprint density at radius 2 is 2.18 bits per heavy atom. The highest BCUT2D eigenvalue weighted by atomic mass is 19.4. The van der Waals surface area contributed by atoms with Crippen molar-refractivity contribution < 1.29 is 22.7 Å². The molecule has 17 heavy (non-hydrogen) atoms. The van der Waals surface area contributed by atoms with Crippen LogP contribution in [0.1, 0.15) is 17.0 Å². The normalized spacial score (nSPS) is 10.8. The maximum Gasteiger partial charge on any atom is 0.419 e. The maximum absolute atomic E-state index is 12.4. The van der Waals surface area contributed by atoms with Gasteiger partial charge in [-0.15, -0.1) is 0 Å². The number of ether oxygens (including phenoxy) is 1. The number of hydrogen-bond donors (Lipinski definition) is 0. The minimum absolute atomic E-state index is 0.0569. The van der Waals surface area contributed by atoms with E-state index < -0.39 is 23.4 Å². The maximum atomic E-state index is 12.4. The molecule has 0 aliphatic heterocycles. The Bertz CT molecular complexity index is 477. The molecule has 0 aliphatic carbocycles. The van der Waals surface area contributed by atoms with E-state index in [0.717, 1.165) is 19.2 Å². The highest BCUT2D eigenvalue weighted by molar-refractivity contribution is 5.71. The van der Waals surface area contributed by atoms with Gasteiger partial charge in [0.1, 0.15) is 6.07 Å². The van der Waals surface area contributed by atoms with E-state index in [1.165, 1.54) is 6.07 Å². The number of nitrogens with zero attached hydrogens (tertiary/aromatic N) is 2. The summed E-state index contributed by atoms with van der Waals surface area (Å²) < 4.78 is 41.6. The molecule has 0 amide bonds.